The molecule has 14 heavy (non-hydrogen) atoms. The van der Waals surface area contributed by atoms with Crippen LogP contribution in [-0.2, 0) is 0 Å². The fourth-order valence-electron chi connectivity index (χ4n) is 1.80. The van der Waals surface area contributed by atoms with Gasteiger partial charge in [-0.05, 0) is 18.9 Å². The molecule has 1 N–H and O–H groups in total. The van der Waals surface area contributed by atoms with Crippen LogP contribution in [0.4, 0.5) is 0 Å². The molecule has 2 aromatic heterocycles. The predicted octanol–water partition coefficient (Wildman–Crippen LogP) is 1.70. The highest BCUT2D eigenvalue weighted by molar-refractivity contribution is 5.35. The van der Waals surface area contributed by atoms with Gasteiger partial charge in [0.2, 0.25) is 11.7 Å². The molecule has 0 bridgehead atoms. The molecule has 1 aliphatic rings. The van der Waals surface area contributed by atoms with Crippen LogP contribution in [0, 0.1) is 0 Å². The van der Waals surface area contributed by atoms with Gasteiger partial charge in [-0.15, -0.1) is 0 Å². The van der Waals surface area contributed by atoms with Crippen LogP contribution >= 0.6 is 0 Å². The molecule has 1 saturated carbocycles. The highest BCUT2D eigenvalue weighted by Gasteiger charge is 2.21. The topological polar surface area (TPSA) is 50.4 Å². The normalized spacial score (nSPS) is 17.1. The van der Waals surface area contributed by atoms with E-state index in [4.69, 9.17) is 0 Å². The van der Waals surface area contributed by atoms with E-state index in [0.29, 0.717) is 11.7 Å². The van der Waals surface area contributed by atoms with Gasteiger partial charge in [-0.3, -0.25) is 4.40 Å². The Kier molecular flexibility index (Phi) is 1.50. The van der Waals surface area contributed by atoms with Gasteiger partial charge in [0.1, 0.15) is 0 Å². The fraction of sp³-hybridized carbons (Fsp3) is 0.400. The molecule has 0 spiro atoms. The lowest BCUT2D eigenvalue weighted by atomic mass is 9.83. The van der Waals surface area contributed by atoms with Crippen molar-refractivity contribution in [2.45, 2.75) is 25.2 Å². The van der Waals surface area contributed by atoms with Crippen LogP contribution < -0.4 is 0 Å². The van der Waals surface area contributed by atoms with Crippen LogP contribution in [0.2, 0.25) is 0 Å². The van der Waals surface area contributed by atoms with Gasteiger partial charge in [-0.1, -0.05) is 6.42 Å². The van der Waals surface area contributed by atoms with Crippen LogP contribution in [-0.4, -0.2) is 19.5 Å². The van der Waals surface area contributed by atoms with Crippen molar-refractivity contribution in [3.8, 4) is 5.88 Å². The highest BCUT2D eigenvalue weighted by atomic mass is 16.3. The number of rotatable bonds is 1. The maximum Gasteiger partial charge on any atom is 0.236 e. The van der Waals surface area contributed by atoms with E-state index in [1.54, 1.807) is 4.40 Å². The first-order valence-electron chi connectivity index (χ1n) is 4.87. The third kappa shape index (κ3) is 0.999. The molecule has 0 radical (unpaired) electrons. The first kappa shape index (κ1) is 7.79. The number of hydrogen-bond acceptors (Lipinski definition) is 3. The molecular weight excluding hydrogens is 178 g/mol. The van der Waals surface area contributed by atoms with Crippen LogP contribution in [0.3, 0.4) is 0 Å². The molecule has 72 valence electrons. The zero-order chi connectivity index (χ0) is 9.54. The van der Waals surface area contributed by atoms with Crippen LogP contribution in [0.25, 0.3) is 5.78 Å². The quantitative estimate of drug-likeness (QED) is 0.742. The second-order valence-electron chi connectivity index (χ2n) is 3.77. The van der Waals surface area contributed by atoms with Gasteiger partial charge in [-0.2, -0.15) is 0 Å². The van der Waals surface area contributed by atoms with E-state index in [1.807, 2.05) is 12.3 Å². The average Bonchev–Trinajstić information content (AvgIpc) is 2.45. The van der Waals surface area contributed by atoms with Crippen LogP contribution in [0.1, 0.15) is 30.9 Å². The van der Waals surface area contributed by atoms with Crippen molar-refractivity contribution in [2.75, 3.05) is 0 Å². The Labute approximate surface area is 81.2 Å². The smallest absolute Gasteiger partial charge is 0.236 e. The van der Waals surface area contributed by atoms with Crippen molar-refractivity contribution in [1.82, 2.24) is 14.4 Å². The van der Waals surface area contributed by atoms with Crippen molar-refractivity contribution < 1.29 is 5.11 Å². The lowest BCUT2D eigenvalue weighted by molar-refractivity contribution is 0.410. The summed E-state index contributed by atoms with van der Waals surface area (Å²) in [7, 11) is 0. The summed E-state index contributed by atoms with van der Waals surface area (Å²) < 4.78 is 1.59. The molecule has 0 saturated heterocycles. The molecule has 2 heterocycles. The minimum Gasteiger partial charge on any atom is -0.493 e. The van der Waals surface area contributed by atoms with E-state index in [9.17, 15) is 5.11 Å². The lowest BCUT2D eigenvalue weighted by Gasteiger charge is -2.24. The Morgan fingerprint density at radius 1 is 1.43 bits per heavy atom. The number of aromatic nitrogens is 3. The van der Waals surface area contributed by atoms with E-state index in [0.717, 1.165) is 5.69 Å². The van der Waals surface area contributed by atoms with Crippen molar-refractivity contribution in [3.05, 3.63) is 24.2 Å². The largest absolute Gasteiger partial charge is 0.493 e. The van der Waals surface area contributed by atoms with Crippen molar-refractivity contribution in [2.24, 2.45) is 0 Å². The summed E-state index contributed by atoms with van der Waals surface area (Å²) in [6.07, 6.45) is 7.02. The molecule has 1 aliphatic carbocycles. The van der Waals surface area contributed by atoms with Gasteiger partial charge in [0.25, 0.3) is 0 Å². The van der Waals surface area contributed by atoms with Crippen molar-refractivity contribution in [3.63, 3.8) is 0 Å². The Bertz CT molecular complexity index is 473. The van der Waals surface area contributed by atoms with Gasteiger partial charge in [0, 0.05) is 17.8 Å². The maximum atomic E-state index is 9.37. The SMILES string of the molecule is Oc1cnc2nc(C3CCC3)ccn12. The summed E-state index contributed by atoms with van der Waals surface area (Å²) in [4.78, 5) is 8.43. The predicted molar refractivity (Wildman–Crippen MR) is 51.2 cm³/mol. The van der Waals surface area contributed by atoms with Gasteiger partial charge in [0.15, 0.2) is 0 Å². The van der Waals surface area contributed by atoms with E-state index < -0.39 is 0 Å². The number of imidazole rings is 1. The summed E-state index contributed by atoms with van der Waals surface area (Å²) in [5.74, 6) is 1.35. The molecule has 2 aromatic rings. The van der Waals surface area contributed by atoms with E-state index in [2.05, 4.69) is 9.97 Å². The molecule has 3 rings (SSSR count). The third-order valence-electron chi connectivity index (χ3n) is 2.90. The van der Waals surface area contributed by atoms with Gasteiger partial charge in [-0.25, -0.2) is 9.97 Å². The number of hydrogen-bond donors (Lipinski definition) is 1. The fourth-order valence-corrected chi connectivity index (χ4v) is 1.80. The lowest BCUT2D eigenvalue weighted by Crippen LogP contribution is -2.11. The molecule has 0 aliphatic heterocycles. The molecule has 4 heteroatoms. The molecule has 1 fully saturated rings. The Hall–Kier alpha value is -1.58. The van der Waals surface area contributed by atoms with Crippen LogP contribution in [0.5, 0.6) is 5.88 Å². The molecule has 4 nitrogen and oxygen atoms in total. The Balaban J connectivity index is 2.10. The summed E-state index contributed by atoms with van der Waals surface area (Å²) in [6, 6.07) is 1.97. The monoisotopic (exact) mass is 189 g/mol. The highest BCUT2D eigenvalue weighted by Crippen LogP contribution is 2.35. The molecule has 0 amide bonds. The molecular formula is C10H11N3O. The number of fused-ring (bicyclic) bond motifs is 1. The van der Waals surface area contributed by atoms with E-state index in [-0.39, 0.29) is 5.88 Å². The standard InChI is InChI=1S/C10H11N3O/c14-9-6-11-10-12-8(4-5-13(9)10)7-2-1-3-7/h4-7,14H,1-3H2. The second kappa shape index (κ2) is 2.70. The minimum atomic E-state index is 0.146. The summed E-state index contributed by atoms with van der Waals surface area (Å²) in [6.45, 7) is 0. The minimum absolute atomic E-state index is 0.146. The number of aromatic hydroxyl groups is 1. The zero-order valence-electron chi connectivity index (χ0n) is 7.72. The first-order chi connectivity index (χ1) is 6.84. The molecule has 0 aromatic carbocycles. The average molecular weight is 189 g/mol. The second-order valence-corrected chi connectivity index (χ2v) is 3.77. The summed E-state index contributed by atoms with van der Waals surface area (Å²) in [5.41, 5.74) is 1.11. The summed E-state index contributed by atoms with van der Waals surface area (Å²) >= 11 is 0. The maximum absolute atomic E-state index is 9.37. The Morgan fingerprint density at radius 2 is 2.29 bits per heavy atom. The van der Waals surface area contributed by atoms with Gasteiger partial charge in [0.05, 0.1) is 6.20 Å². The van der Waals surface area contributed by atoms with Crippen LogP contribution in [0.15, 0.2) is 18.5 Å². The van der Waals surface area contributed by atoms with Gasteiger partial charge >= 0.3 is 0 Å². The number of nitrogens with zero attached hydrogens (tertiary/aromatic N) is 3. The summed E-state index contributed by atoms with van der Waals surface area (Å²) in [5, 5.41) is 9.37. The molecule has 0 atom stereocenters. The first-order valence-corrected chi connectivity index (χ1v) is 4.87. The van der Waals surface area contributed by atoms with E-state index >= 15 is 0 Å². The van der Waals surface area contributed by atoms with Crippen molar-refractivity contribution in [1.29, 1.82) is 0 Å². The van der Waals surface area contributed by atoms with Crippen molar-refractivity contribution >= 4 is 5.78 Å². The third-order valence-corrected chi connectivity index (χ3v) is 2.90. The Morgan fingerprint density at radius 3 is 3.00 bits per heavy atom. The van der Waals surface area contributed by atoms with Gasteiger partial charge < -0.3 is 5.11 Å². The zero-order valence-corrected chi connectivity index (χ0v) is 7.72. The van der Waals surface area contributed by atoms with E-state index in [1.165, 1.54) is 25.5 Å². The molecule has 0 unspecified atom stereocenters.